The number of hydrogen-bond acceptors (Lipinski definition) is 5. The van der Waals surface area contributed by atoms with Crippen molar-refractivity contribution in [1.29, 1.82) is 0 Å². The van der Waals surface area contributed by atoms with Gasteiger partial charge in [-0.15, -0.1) is 23.1 Å². The molecule has 0 N–H and O–H groups in total. The van der Waals surface area contributed by atoms with Crippen molar-refractivity contribution in [3.05, 3.63) is 45.1 Å². The van der Waals surface area contributed by atoms with E-state index in [2.05, 4.69) is 56.9 Å². The molecule has 0 bridgehead atoms. The Balaban J connectivity index is 1.69. The highest BCUT2D eigenvalue weighted by Crippen LogP contribution is 2.42. The van der Waals surface area contributed by atoms with Gasteiger partial charge in [0.1, 0.15) is 5.75 Å². The SMILES string of the molecule is CCCCCCSc1cc2c(cc1C#Cc1ccc(CCCCC(=O)OCC)s1)C(C)(C)CCO2. The summed E-state index contributed by atoms with van der Waals surface area (Å²) in [6.07, 6.45) is 9.46. The van der Waals surface area contributed by atoms with Crippen LogP contribution in [0.15, 0.2) is 29.2 Å². The zero-order valence-corrected chi connectivity index (χ0v) is 23.5. The fraction of sp³-hybridized carbons (Fsp3) is 0.567. The summed E-state index contributed by atoms with van der Waals surface area (Å²) in [5.74, 6) is 8.99. The van der Waals surface area contributed by atoms with E-state index in [0.717, 1.165) is 54.2 Å². The number of ether oxygens (including phenoxy) is 2. The van der Waals surface area contributed by atoms with Gasteiger partial charge in [0.25, 0.3) is 0 Å². The second-order valence-electron chi connectivity index (χ2n) is 9.76. The molecule has 3 nitrogen and oxygen atoms in total. The predicted octanol–water partition coefficient (Wildman–Crippen LogP) is 8.16. The second-order valence-corrected chi connectivity index (χ2v) is 12.1. The third kappa shape index (κ3) is 8.62. The van der Waals surface area contributed by atoms with Crippen LogP contribution in [0.1, 0.15) is 99.9 Å². The van der Waals surface area contributed by atoms with Gasteiger partial charge in [-0.1, -0.05) is 51.9 Å². The Kier molecular flexibility index (Phi) is 11.1. The molecule has 2 aromatic rings. The van der Waals surface area contributed by atoms with Crippen LogP contribution in [0.3, 0.4) is 0 Å². The largest absolute Gasteiger partial charge is 0.493 e. The number of fused-ring (bicyclic) bond motifs is 1. The summed E-state index contributed by atoms with van der Waals surface area (Å²) < 4.78 is 11.1. The molecule has 2 heterocycles. The first-order chi connectivity index (χ1) is 16.9. The van der Waals surface area contributed by atoms with E-state index >= 15 is 0 Å². The third-order valence-electron chi connectivity index (χ3n) is 6.39. The summed E-state index contributed by atoms with van der Waals surface area (Å²) in [4.78, 5) is 15.2. The third-order valence-corrected chi connectivity index (χ3v) is 8.59. The van der Waals surface area contributed by atoms with E-state index in [-0.39, 0.29) is 11.4 Å². The zero-order chi connectivity index (χ0) is 25.1. The van der Waals surface area contributed by atoms with E-state index in [1.165, 1.54) is 41.0 Å². The first kappa shape index (κ1) is 27.7. The number of thioether (sulfide) groups is 1. The molecule has 0 spiro atoms. The smallest absolute Gasteiger partial charge is 0.305 e. The predicted molar refractivity (Wildman–Crippen MR) is 149 cm³/mol. The molecule has 1 aliphatic heterocycles. The van der Waals surface area contributed by atoms with Gasteiger partial charge < -0.3 is 9.47 Å². The Labute approximate surface area is 220 Å². The van der Waals surface area contributed by atoms with E-state index in [4.69, 9.17) is 9.47 Å². The summed E-state index contributed by atoms with van der Waals surface area (Å²) in [6.45, 7) is 9.94. The molecule has 5 heteroatoms. The van der Waals surface area contributed by atoms with Crippen LogP contribution in [0.4, 0.5) is 0 Å². The number of thiophene rings is 1. The lowest BCUT2D eigenvalue weighted by atomic mass is 9.79. The Bertz CT molecular complexity index is 1030. The zero-order valence-electron chi connectivity index (χ0n) is 21.8. The molecule has 0 unspecified atom stereocenters. The highest BCUT2D eigenvalue weighted by atomic mass is 32.2. The maximum atomic E-state index is 11.5. The van der Waals surface area contributed by atoms with Crippen molar-refractivity contribution in [3.8, 4) is 17.6 Å². The number of aryl methyl sites for hydroxylation is 1. The average molecular weight is 513 g/mol. The quantitative estimate of drug-likeness (QED) is 0.124. The molecule has 190 valence electrons. The number of rotatable bonds is 12. The van der Waals surface area contributed by atoms with E-state index < -0.39 is 0 Å². The van der Waals surface area contributed by atoms with Crippen LogP contribution in [-0.4, -0.2) is 24.9 Å². The minimum atomic E-state index is -0.0945. The Hall–Kier alpha value is -1.90. The molecule has 1 aliphatic rings. The lowest BCUT2D eigenvalue weighted by Gasteiger charge is -2.33. The normalized spacial score (nSPS) is 13.9. The molecule has 1 aromatic carbocycles. The van der Waals surface area contributed by atoms with Gasteiger partial charge in [0.05, 0.1) is 18.1 Å². The van der Waals surface area contributed by atoms with Crippen LogP contribution < -0.4 is 4.74 Å². The van der Waals surface area contributed by atoms with Gasteiger partial charge in [-0.25, -0.2) is 0 Å². The van der Waals surface area contributed by atoms with E-state index in [1.807, 2.05) is 18.7 Å². The van der Waals surface area contributed by atoms with Crippen molar-refractivity contribution in [1.82, 2.24) is 0 Å². The van der Waals surface area contributed by atoms with Crippen molar-refractivity contribution in [2.75, 3.05) is 19.0 Å². The van der Waals surface area contributed by atoms with Gasteiger partial charge in [-0.3, -0.25) is 4.79 Å². The molecule has 3 rings (SSSR count). The summed E-state index contributed by atoms with van der Waals surface area (Å²) >= 11 is 3.67. The van der Waals surface area contributed by atoms with Gasteiger partial charge in [0.2, 0.25) is 0 Å². The molecular formula is C30H40O3S2. The number of esters is 1. The molecule has 0 radical (unpaired) electrons. The van der Waals surface area contributed by atoms with E-state index in [9.17, 15) is 4.79 Å². The standard InChI is InChI=1S/C30H40O3S2/c1-5-7-8-11-20-34-28-22-27-26(30(3,4)18-19-33-27)21-23(28)14-15-25-17-16-24(35-25)12-9-10-13-29(31)32-6-2/h16-17,21-22H,5-13,18-20H2,1-4H3. The van der Waals surface area contributed by atoms with Crippen molar-refractivity contribution in [2.24, 2.45) is 0 Å². The van der Waals surface area contributed by atoms with Gasteiger partial charge in [-0.2, -0.15) is 0 Å². The Morgan fingerprint density at radius 1 is 1.11 bits per heavy atom. The van der Waals surface area contributed by atoms with Gasteiger partial charge in [-0.05, 0) is 74.5 Å². The number of unbranched alkanes of at least 4 members (excludes halogenated alkanes) is 4. The Morgan fingerprint density at radius 2 is 1.97 bits per heavy atom. The molecule has 0 saturated carbocycles. The monoisotopic (exact) mass is 512 g/mol. The second kappa shape index (κ2) is 14.0. The summed E-state index contributed by atoms with van der Waals surface area (Å²) in [5, 5.41) is 0. The summed E-state index contributed by atoms with van der Waals surface area (Å²) in [5.41, 5.74) is 2.50. The molecule has 0 aliphatic carbocycles. The number of carbonyl (C=O) groups is 1. The lowest BCUT2D eigenvalue weighted by molar-refractivity contribution is -0.143. The topological polar surface area (TPSA) is 35.5 Å². The minimum Gasteiger partial charge on any atom is -0.493 e. The first-order valence-corrected chi connectivity index (χ1v) is 14.9. The van der Waals surface area contributed by atoms with Crippen LogP contribution in [0.5, 0.6) is 5.75 Å². The molecule has 1 aromatic heterocycles. The van der Waals surface area contributed by atoms with Crippen molar-refractivity contribution < 1.29 is 14.3 Å². The first-order valence-electron chi connectivity index (χ1n) is 13.1. The highest BCUT2D eigenvalue weighted by molar-refractivity contribution is 7.99. The number of hydrogen-bond donors (Lipinski definition) is 0. The summed E-state index contributed by atoms with van der Waals surface area (Å²) in [6, 6.07) is 8.81. The fourth-order valence-corrected chi connectivity index (χ4v) is 6.13. The van der Waals surface area contributed by atoms with Crippen molar-refractivity contribution >= 4 is 29.1 Å². The van der Waals surface area contributed by atoms with Crippen molar-refractivity contribution in [3.63, 3.8) is 0 Å². The fourth-order valence-electron chi connectivity index (χ4n) is 4.20. The number of benzene rings is 1. The summed E-state index contributed by atoms with van der Waals surface area (Å²) in [7, 11) is 0. The van der Waals surface area contributed by atoms with Crippen molar-refractivity contribution in [2.45, 2.75) is 95.8 Å². The minimum absolute atomic E-state index is 0.0945. The van der Waals surface area contributed by atoms with E-state index in [1.54, 1.807) is 11.3 Å². The lowest BCUT2D eigenvalue weighted by Crippen LogP contribution is -2.26. The van der Waals surface area contributed by atoms with Crippen LogP contribution >= 0.6 is 23.1 Å². The van der Waals surface area contributed by atoms with Gasteiger partial charge in [0.15, 0.2) is 0 Å². The average Bonchev–Trinajstić information content (AvgIpc) is 3.28. The maximum absolute atomic E-state index is 11.5. The highest BCUT2D eigenvalue weighted by Gasteiger charge is 2.29. The molecule has 0 amide bonds. The van der Waals surface area contributed by atoms with Crippen LogP contribution in [0.2, 0.25) is 0 Å². The molecule has 0 fully saturated rings. The molecule has 35 heavy (non-hydrogen) atoms. The molecule has 0 atom stereocenters. The molecular weight excluding hydrogens is 472 g/mol. The number of carbonyl (C=O) groups excluding carboxylic acids is 1. The van der Waals surface area contributed by atoms with Crippen LogP contribution in [0, 0.1) is 11.8 Å². The van der Waals surface area contributed by atoms with Gasteiger partial charge >= 0.3 is 5.97 Å². The van der Waals surface area contributed by atoms with Gasteiger partial charge in [0, 0.05) is 27.3 Å². The maximum Gasteiger partial charge on any atom is 0.305 e. The van der Waals surface area contributed by atoms with E-state index in [0.29, 0.717) is 13.0 Å². The van der Waals surface area contributed by atoms with Crippen LogP contribution in [-0.2, 0) is 21.4 Å². The molecule has 0 saturated heterocycles. The Morgan fingerprint density at radius 3 is 2.77 bits per heavy atom. The van der Waals surface area contributed by atoms with Crippen LogP contribution in [0.25, 0.3) is 0 Å².